The van der Waals surface area contributed by atoms with Crippen LogP contribution in [0.5, 0.6) is 5.75 Å². The van der Waals surface area contributed by atoms with Crippen LogP contribution in [-0.4, -0.2) is 33.7 Å². The van der Waals surface area contributed by atoms with Crippen LogP contribution in [0, 0.1) is 11.8 Å². The van der Waals surface area contributed by atoms with Crippen molar-refractivity contribution in [2.75, 3.05) is 6.54 Å². The Bertz CT molecular complexity index is 499. The Balaban J connectivity index is 1.84. The molecular formula is C16H21NO3. The van der Waals surface area contributed by atoms with Crippen LogP contribution in [-0.2, 0) is 4.79 Å². The maximum Gasteiger partial charge on any atom is 0.321 e. The van der Waals surface area contributed by atoms with E-state index in [0.29, 0.717) is 11.8 Å². The number of rotatable bonds is 3. The highest BCUT2D eigenvalue weighted by Crippen LogP contribution is 2.45. The minimum absolute atomic E-state index is 0.0716. The molecule has 4 heteroatoms. The molecule has 1 aromatic rings. The summed E-state index contributed by atoms with van der Waals surface area (Å²) in [7, 11) is 0. The van der Waals surface area contributed by atoms with Gasteiger partial charge in [-0.3, -0.25) is 9.69 Å². The van der Waals surface area contributed by atoms with Crippen molar-refractivity contribution in [1.29, 1.82) is 0 Å². The lowest BCUT2D eigenvalue weighted by atomic mass is 9.94. The average molecular weight is 275 g/mol. The van der Waals surface area contributed by atoms with Crippen molar-refractivity contribution >= 4 is 5.97 Å². The summed E-state index contributed by atoms with van der Waals surface area (Å²) in [5, 5.41) is 19.0. The molecule has 1 aliphatic carbocycles. The number of carbonyl (C=O) groups is 1. The summed E-state index contributed by atoms with van der Waals surface area (Å²) in [6.45, 7) is 2.94. The van der Waals surface area contributed by atoms with E-state index in [-0.39, 0.29) is 17.8 Å². The van der Waals surface area contributed by atoms with E-state index < -0.39 is 5.97 Å². The van der Waals surface area contributed by atoms with Gasteiger partial charge < -0.3 is 10.2 Å². The molecule has 2 aliphatic rings. The molecular weight excluding hydrogens is 254 g/mol. The van der Waals surface area contributed by atoms with E-state index in [0.717, 1.165) is 24.9 Å². The Morgan fingerprint density at radius 3 is 2.65 bits per heavy atom. The molecule has 1 heterocycles. The third-order valence-electron chi connectivity index (χ3n) is 5.05. The lowest BCUT2D eigenvalue weighted by Gasteiger charge is -2.30. The predicted octanol–water partition coefficient (Wildman–Crippen LogP) is 2.64. The van der Waals surface area contributed by atoms with Gasteiger partial charge in [-0.05, 0) is 49.3 Å². The molecule has 20 heavy (non-hydrogen) atoms. The van der Waals surface area contributed by atoms with E-state index in [2.05, 4.69) is 11.8 Å². The van der Waals surface area contributed by atoms with Gasteiger partial charge in [-0.15, -0.1) is 0 Å². The molecule has 0 aromatic heterocycles. The maximum atomic E-state index is 11.7. The highest BCUT2D eigenvalue weighted by Gasteiger charge is 2.49. The standard InChI is InChI=1S/C16H21NO3/c1-10(11-5-7-13(18)8-6-11)17-9-12-3-2-4-14(12)15(17)16(19)20/h5-8,10,12,14-15,18H,2-4,9H2,1H3,(H,19,20). The van der Waals surface area contributed by atoms with E-state index >= 15 is 0 Å². The van der Waals surface area contributed by atoms with E-state index in [1.807, 2.05) is 12.1 Å². The zero-order chi connectivity index (χ0) is 14.3. The second-order valence-electron chi connectivity index (χ2n) is 6.10. The third-order valence-corrected chi connectivity index (χ3v) is 5.05. The quantitative estimate of drug-likeness (QED) is 0.890. The average Bonchev–Trinajstić information content (AvgIpc) is 2.97. The molecule has 0 spiro atoms. The smallest absolute Gasteiger partial charge is 0.321 e. The van der Waals surface area contributed by atoms with Gasteiger partial charge in [0.25, 0.3) is 0 Å². The molecule has 0 radical (unpaired) electrons. The number of benzene rings is 1. The van der Waals surface area contributed by atoms with Gasteiger partial charge >= 0.3 is 5.97 Å². The molecule has 0 bridgehead atoms. The van der Waals surface area contributed by atoms with Crippen LogP contribution >= 0.6 is 0 Å². The summed E-state index contributed by atoms with van der Waals surface area (Å²) in [4.78, 5) is 13.8. The van der Waals surface area contributed by atoms with Gasteiger partial charge in [0.15, 0.2) is 0 Å². The minimum Gasteiger partial charge on any atom is -0.508 e. The highest BCUT2D eigenvalue weighted by molar-refractivity contribution is 5.74. The monoisotopic (exact) mass is 275 g/mol. The molecule has 108 valence electrons. The number of hydrogen-bond donors (Lipinski definition) is 2. The van der Waals surface area contributed by atoms with Crippen molar-refractivity contribution in [3.63, 3.8) is 0 Å². The molecule has 4 nitrogen and oxygen atoms in total. The number of fused-ring (bicyclic) bond motifs is 1. The number of carboxylic acids is 1. The highest BCUT2D eigenvalue weighted by atomic mass is 16.4. The van der Waals surface area contributed by atoms with Gasteiger partial charge in [-0.25, -0.2) is 0 Å². The Hall–Kier alpha value is -1.55. The number of carboxylic acid groups (broad SMARTS) is 1. The van der Waals surface area contributed by atoms with Gasteiger partial charge in [0.2, 0.25) is 0 Å². The first-order chi connectivity index (χ1) is 9.58. The summed E-state index contributed by atoms with van der Waals surface area (Å²) in [5.41, 5.74) is 1.06. The third kappa shape index (κ3) is 2.18. The summed E-state index contributed by atoms with van der Waals surface area (Å²) in [5.74, 6) is 0.404. The number of phenols is 1. The van der Waals surface area contributed by atoms with Crippen LogP contribution in [0.4, 0.5) is 0 Å². The van der Waals surface area contributed by atoms with Crippen molar-refractivity contribution in [1.82, 2.24) is 4.90 Å². The van der Waals surface area contributed by atoms with Gasteiger partial charge in [0.05, 0.1) is 0 Å². The molecule has 3 rings (SSSR count). The van der Waals surface area contributed by atoms with E-state index in [4.69, 9.17) is 0 Å². The molecule has 4 atom stereocenters. The minimum atomic E-state index is -0.690. The lowest BCUT2D eigenvalue weighted by Crippen LogP contribution is -2.41. The summed E-state index contributed by atoms with van der Waals surface area (Å²) >= 11 is 0. The van der Waals surface area contributed by atoms with Crippen LogP contribution in [0.1, 0.15) is 37.8 Å². The first-order valence-corrected chi connectivity index (χ1v) is 7.35. The van der Waals surface area contributed by atoms with Crippen LogP contribution in [0.25, 0.3) is 0 Å². The van der Waals surface area contributed by atoms with Crippen LogP contribution < -0.4 is 0 Å². The zero-order valence-electron chi connectivity index (χ0n) is 11.7. The van der Waals surface area contributed by atoms with Crippen LogP contribution in [0.15, 0.2) is 24.3 Å². The molecule has 1 saturated heterocycles. The van der Waals surface area contributed by atoms with Gasteiger partial charge in [-0.1, -0.05) is 18.6 Å². The molecule has 2 fully saturated rings. The molecule has 4 unspecified atom stereocenters. The fraction of sp³-hybridized carbons (Fsp3) is 0.562. The lowest BCUT2D eigenvalue weighted by molar-refractivity contribution is -0.144. The second-order valence-corrected chi connectivity index (χ2v) is 6.10. The topological polar surface area (TPSA) is 60.8 Å². The van der Waals surface area contributed by atoms with Crippen molar-refractivity contribution in [2.24, 2.45) is 11.8 Å². The van der Waals surface area contributed by atoms with Crippen LogP contribution in [0.2, 0.25) is 0 Å². The van der Waals surface area contributed by atoms with Crippen molar-refractivity contribution < 1.29 is 15.0 Å². The first kappa shape index (κ1) is 13.4. The largest absolute Gasteiger partial charge is 0.508 e. The number of phenolic OH excluding ortho intramolecular Hbond substituents is 1. The Morgan fingerprint density at radius 1 is 1.30 bits per heavy atom. The van der Waals surface area contributed by atoms with E-state index in [1.54, 1.807) is 12.1 Å². The van der Waals surface area contributed by atoms with E-state index in [9.17, 15) is 15.0 Å². The zero-order valence-corrected chi connectivity index (χ0v) is 11.7. The number of aromatic hydroxyl groups is 1. The predicted molar refractivity (Wildman–Crippen MR) is 75.5 cm³/mol. The van der Waals surface area contributed by atoms with Crippen molar-refractivity contribution in [2.45, 2.75) is 38.3 Å². The molecule has 2 N–H and O–H groups in total. The number of hydrogen-bond acceptors (Lipinski definition) is 3. The van der Waals surface area contributed by atoms with Crippen molar-refractivity contribution in [3.05, 3.63) is 29.8 Å². The van der Waals surface area contributed by atoms with E-state index in [1.165, 1.54) is 6.42 Å². The Kier molecular flexibility index (Phi) is 3.42. The maximum absolute atomic E-state index is 11.7. The molecule has 1 saturated carbocycles. The van der Waals surface area contributed by atoms with Gasteiger partial charge in [0.1, 0.15) is 11.8 Å². The summed E-state index contributed by atoms with van der Waals surface area (Å²) in [6.07, 6.45) is 3.37. The summed E-state index contributed by atoms with van der Waals surface area (Å²) in [6, 6.07) is 6.81. The number of aliphatic carboxylic acids is 1. The Morgan fingerprint density at radius 2 is 2.00 bits per heavy atom. The normalized spacial score (nSPS) is 31.1. The number of likely N-dealkylation sites (tertiary alicyclic amines) is 1. The Labute approximate surface area is 119 Å². The van der Waals surface area contributed by atoms with Gasteiger partial charge in [0, 0.05) is 12.6 Å². The fourth-order valence-corrected chi connectivity index (χ4v) is 4.01. The SMILES string of the molecule is CC(c1ccc(O)cc1)N1CC2CCCC2C1C(=O)O. The molecule has 1 aromatic carbocycles. The van der Waals surface area contributed by atoms with Crippen molar-refractivity contribution in [3.8, 4) is 5.75 Å². The number of nitrogens with zero attached hydrogens (tertiary/aromatic N) is 1. The fourth-order valence-electron chi connectivity index (χ4n) is 4.01. The molecule has 0 amide bonds. The summed E-state index contributed by atoms with van der Waals surface area (Å²) < 4.78 is 0. The molecule has 1 aliphatic heterocycles. The second kappa shape index (κ2) is 5.09. The van der Waals surface area contributed by atoms with Crippen LogP contribution in [0.3, 0.4) is 0 Å². The van der Waals surface area contributed by atoms with Gasteiger partial charge in [-0.2, -0.15) is 0 Å². The first-order valence-electron chi connectivity index (χ1n) is 7.35.